The Kier molecular flexibility index (Phi) is 12.4. The first-order chi connectivity index (χ1) is 25.2. The molecule has 6 atom stereocenters. The van der Waals surface area contributed by atoms with Crippen LogP contribution < -0.4 is 21.4 Å². The third-order valence-electron chi connectivity index (χ3n) is 11.2. The number of carbonyl (C=O) groups is 4. The van der Waals surface area contributed by atoms with Crippen molar-refractivity contribution < 1.29 is 33.8 Å². The molecule has 53 heavy (non-hydrogen) atoms. The van der Waals surface area contributed by atoms with Crippen molar-refractivity contribution >= 4 is 24.0 Å². The summed E-state index contributed by atoms with van der Waals surface area (Å²) in [5.41, 5.74) is 5.56. The van der Waals surface area contributed by atoms with E-state index in [0.717, 1.165) is 22.4 Å². The summed E-state index contributed by atoms with van der Waals surface area (Å²) in [6.45, 7) is 7.97. The summed E-state index contributed by atoms with van der Waals surface area (Å²) >= 11 is 0. The number of benzene rings is 2. The zero-order chi connectivity index (χ0) is 38.3. The van der Waals surface area contributed by atoms with Crippen molar-refractivity contribution in [3.05, 3.63) is 90.1 Å². The lowest BCUT2D eigenvalue weighted by Gasteiger charge is -2.51. The molecule has 0 saturated heterocycles. The molecule has 0 spiro atoms. The van der Waals surface area contributed by atoms with Crippen LogP contribution in [-0.4, -0.2) is 84.1 Å². The van der Waals surface area contributed by atoms with E-state index in [2.05, 4.69) is 26.4 Å². The lowest BCUT2D eigenvalue weighted by atomic mass is 9.58. The first-order valence-electron chi connectivity index (χ1n) is 18.0. The summed E-state index contributed by atoms with van der Waals surface area (Å²) in [5, 5.41) is 22.3. The molecule has 2 fully saturated rings. The minimum atomic E-state index is -1.09. The molecule has 2 aliphatic carbocycles. The number of aromatic nitrogens is 1. The van der Waals surface area contributed by atoms with Crippen LogP contribution in [0.25, 0.3) is 11.3 Å². The molecule has 0 radical (unpaired) electrons. The molecule has 1 aromatic heterocycles. The van der Waals surface area contributed by atoms with Crippen LogP contribution in [0.5, 0.6) is 0 Å². The Morgan fingerprint density at radius 1 is 0.792 bits per heavy atom. The minimum Gasteiger partial charge on any atom is -0.453 e. The summed E-state index contributed by atoms with van der Waals surface area (Å²) < 4.78 is 9.53. The van der Waals surface area contributed by atoms with Crippen LogP contribution in [0.2, 0.25) is 0 Å². The van der Waals surface area contributed by atoms with Crippen LogP contribution in [0.15, 0.2) is 79.0 Å². The fourth-order valence-corrected chi connectivity index (χ4v) is 7.34. The van der Waals surface area contributed by atoms with E-state index in [1.54, 1.807) is 11.2 Å². The number of aliphatic hydroxyl groups is 1. The predicted molar refractivity (Wildman–Crippen MR) is 199 cm³/mol. The number of nitrogens with one attached hydrogen (secondary N) is 4. The summed E-state index contributed by atoms with van der Waals surface area (Å²) in [4.78, 5) is 55.9. The number of hydrogen-bond donors (Lipinski definition) is 5. The van der Waals surface area contributed by atoms with Crippen LogP contribution in [0.4, 0.5) is 9.59 Å². The van der Waals surface area contributed by atoms with E-state index in [4.69, 9.17) is 9.47 Å². The molecule has 0 aliphatic heterocycles. The van der Waals surface area contributed by atoms with Crippen LogP contribution >= 0.6 is 0 Å². The van der Waals surface area contributed by atoms with Crippen LogP contribution in [0.1, 0.15) is 51.7 Å². The van der Waals surface area contributed by atoms with Gasteiger partial charge in [0.05, 0.1) is 32.1 Å². The third-order valence-corrected chi connectivity index (χ3v) is 11.2. The van der Waals surface area contributed by atoms with E-state index >= 15 is 0 Å². The zero-order valence-electron chi connectivity index (χ0n) is 31.3. The Hall–Kier alpha value is -5.01. The molecule has 5 N–H and O–H groups in total. The van der Waals surface area contributed by atoms with Crippen LogP contribution in [-0.2, 0) is 32.0 Å². The van der Waals surface area contributed by atoms with Gasteiger partial charge in [-0.25, -0.2) is 14.6 Å². The fraction of sp³-hybridized carbons (Fsp3) is 0.475. The Morgan fingerprint density at radius 2 is 1.36 bits per heavy atom. The van der Waals surface area contributed by atoms with Gasteiger partial charge in [0.1, 0.15) is 0 Å². The first-order valence-corrected chi connectivity index (χ1v) is 18.0. The highest BCUT2D eigenvalue weighted by atomic mass is 16.5. The van der Waals surface area contributed by atoms with Gasteiger partial charge in [-0.15, -0.1) is 0 Å². The van der Waals surface area contributed by atoms with Gasteiger partial charge in [0.15, 0.2) is 0 Å². The van der Waals surface area contributed by atoms with E-state index in [1.807, 2.05) is 100 Å². The van der Waals surface area contributed by atoms with E-state index in [9.17, 15) is 24.3 Å². The highest BCUT2D eigenvalue weighted by Gasteiger charge is 2.54. The molecular formula is C40H52N6O7. The molecule has 1 heterocycles. The van der Waals surface area contributed by atoms with E-state index < -0.39 is 47.0 Å². The summed E-state index contributed by atoms with van der Waals surface area (Å²) in [7, 11) is 2.60. The van der Waals surface area contributed by atoms with Gasteiger partial charge in [-0.2, -0.15) is 0 Å². The lowest BCUT2D eigenvalue weighted by molar-refractivity contribution is -0.144. The van der Waals surface area contributed by atoms with Crippen molar-refractivity contribution in [3.8, 4) is 11.3 Å². The molecule has 5 rings (SSSR count). The Morgan fingerprint density at radius 3 is 1.89 bits per heavy atom. The fourth-order valence-electron chi connectivity index (χ4n) is 7.34. The Labute approximate surface area is 311 Å². The second-order valence-electron chi connectivity index (χ2n) is 15.2. The molecule has 0 unspecified atom stereocenters. The number of rotatable bonds is 14. The summed E-state index contributed by atoms with van der Waals surface area (Å²) in [6.07, 6.45) is 0.759. The number of carbonyl (C=O) groups excluding carboxylic acids is 4. The second-order valence-corrected chi connectivity index (χ2v) is 15.2. The van der Waals surface area contributed by atoms with E-state index in [0.29, 0.717) is 19.3 Å². The molecule has 4 amide bonds. The number of nitrogens with zero attached hydrogens (tertiary/aromatic N) is 2. The molecule has 13 nitrogen and oxygen atoms in total. The monoisotopic (exact) mass is 728 g/mol. The van der Waals surface area contributed by atoms with E-state index in [1.165, 1.54) is 14.2 Å². The number of amides is 4. The van der Waals surface area contributed by atoms with Crippen molar-refractivity contribution in [2.24, 2.45) is 22.7 Å². The predicted octanol–water partition coefficient (Wildman–Crippen LogP) is 4.21. The second kappa shape index (κ2) is 16.8. The lowest BCUT2D eigenvalue weighted by Crippen LogP contribution is -2.64. The topological polar surface area (TPSA) is 171 Å². The maximum Gasteiger partial charge on any atom is 0.407 e. The molecule has 284 valence electrons. The smallest absolute Gasteiger partial charge is 0.407 e. The van der Waals surface area contributed by atoms with Crippen molar-refractivity contribution in [2.45, 2.75) is 77.7 Å². The molecule has 2 saturated carbocycles. The number of aliphatic hydroxyl groups excluding tert-OH is 1. The Bertz CT molecular complexity index is 1720. The average molecular weight is 729 g/mol. The van der Waals surface area contributed by atoms with Gasteiger partial charge in [-0.05, 0) is 53.4 Å². The summed E-state index contributed by atoms with van der Waals surface area (Å²) in [5.74, 6) is -1.28. The van der Waals surface area contributed by atoms with Crippen LogP contribution in [0, 0.1) is 22.7 Å². The van der Waals surface area contributed by atoms with Gasteiger partial charge < -0.3 is 30.5 Å². The van der Waals surface area contributed by atoms with Gasteiger partial charge >= 0.3 is 12.2 Å². The van der Waals surface area contributed by atoms with Crippen molar-refractivity contribution in [1.82, 2.24) is 31.4 Å². The quantitative estimate of drug-likeness (QED) is 0.153. The maximum atomic E-state index is 13.8. The van der Waals surface area contributed by atoms with Crippen molar-refractivity contribution in [3.63, 3.8) is 0 Å². The zero-order valence-corrected chi connectivity index (χ0v) is 31.3. The number of pyridine rings is 1. The highest BCUT2D eigenvalue weighted by Crippen LogP contribution is 2.47. The average Bonchev–Trinajstić information content (AvgIpc) is 3.14. The minimum absolute atomic E-state index is 0.00306. The van der Waals surface area contributed by atoms with Crippen LogP contribution in [0.3, 0.4) is 0 Å². The number of methoxy groups -OCH3 is 2. The van der Waals surface area contributed by atoms with Crippen molar-refractivity contribution in [1.29, 1.82) is 0 Å². The molecule has 0 bridgehead atoms. The normalized spacial score (nSPS) is 22.2. The maximum absolute atomic E-state index is 13.8. The van der Waals surface area contributed by atoms with Gasteiger partial charge in [-0.3, -0.25) is 20.0 Å². The Balaban J connectivity index is 1.34. The van der Waals surface area contributed by atoms with Crippen molar-refractivity contribution in [2.75, 3.05) is 20.8 Å². The molecule has 2 aliphatic rings. The number of ether oxygens (including phenoxy) is 2. The third kappa shape index (κ3) is 9.33. The first kappa shape index (κ1) is 39.2. The van der Waals surface area contributed by atoms with Gasteiger partial charge in [0.2, 0.25) is 11.8 Å². The molecule has 2 aromatic carbocycles. The standard InChI is InChI=1S/C40H52N6O7/c1-39(2)28(21-33(39)43-37(50)52-5)35(48)42-31(20-25-12-8-7-9-13-25)32(47)24-46(23-26-15-17-27(18-16-26)30-14-10-11-19-41-30)45-36(49)29-22-34(40(29,3)4)44-38(51)53-6/h7-19,28-29,31-34,47H,20-24H2,1-6H3,(H,42,48)(H,43,50)(H,44,51)(H,45,49)/t28-,29-,31-,32-,33-,34-/m0/s1. The SMILES string of the molecule is COC(=O)N[C@H]1C[C@@H](C(=O)N[C@@H](Cc2ccccc2)[C@@H](O)CN(Cc2ccc(-c3ccccn3)cc2)NC(=O)[C@@H]2C[C@H](NC(=O)OC)C2(C)C)C1(C)C. The molecule has 3 aromatic rings. The largest absolute Gasteiger partial charge is 0.453 e. The number of hydrazine groups is 1. The van der Waals surface area contributed by atoms with E-state index in [-0.39, 0.29) is 37.0 Å². The molecular weight excluding hydrogens is 676 g/mol. The number of hydrogen-bond acceptors (Lipinski definition) is 9. The summed E-state index contributed by atoms with van der Waals surface area (Å²) in [6, 6.07) is 22.0. The van der Waals surface area contributed by atoms with Gasteiger partial charge in [0, 0.05) is 48.8 Å². The molecule has 13 heteroatoms. The number of alkyl carbamates (subject to hydrolysis) is 2. The highest BCUT2D eigenvalue weighted by molar-refractivity contribution is 5.82. The van der Waals surface area contributed by atoms with Gasteiger partial charge in [0.25, 0.3) is 0 Å². The van der Waals surface area contributed by atoms with Gasteiger partial charge in [-0.1, -0.05) is 88.4 Å².